The molecule has 12 heteroatoms. The Balaban J connectivity index is 1.25. The standard InChI is InChI=1S/C39H51N7O5/c1-6-11-28-20-27(4)43-39(50)32(28)24-41-38(49)31-21-30(22-34-33(31)25-42-46(34)26(2)3)29-14-15-35(40-23-29)44-16-18-45(19-17-44)36(47)12-9-7-8-10-13-37(48)51-5/h14-15,20-23,25-26H,6-13,16-19,24H2,1-5H3,(H,41,49)(H,43,50). The Morgan fingerprint density at radius 3 is 2.37 bits per heavy atom. The van der Waals surface area contributed by atoms with Crippen LogP contribution in [0.1, 0.15) is 98.9 Å². The van der Waals surface area contributed by atoms with Crippen molar-refractivity contribution in [1.82, 2.24) is 30.0 Å². The maximum Gasteiger partial charge on any atom is 0.305 e. The SMILES string of the molecule is CCCc1cc(C)[nH]c(=O)c1CNC(=O)c1cc(-c2ccc(N3CCN(C(=O)CCCCCCC(=O)OC)CC3)nc2)cc2c1cnn2C(C)C. The van der Waals surface area contributed by atoms with Crippen LogP contribution in [0.4, 0.5) is 5.82 Å². The molecule has 1 aliphatic rings. The molecule has 2 N–H and O–H groups in total. The van der Waals surface area contributed by atoms with Gasteiger partial charge in [0.05, 0.1) is 24.4 Å². The van der Waals surface area contributed by atoms with E-state index in [0.717, 1.165) is 77.6 Å². The summed E-state index contributed by atoms with van der Waals surface area (Å²) in [6, 6.07) is 9.99. The van der Waals surface area contributed by atoms with E-state index in [9.17, 15) is 19.2 Å². The molecule has 4 heterocycles. The van der Waals surface area contributed by atoms with Gasteiger partial charge < -0.3 is 24.8 Å². The van der Waals surface area contributed by atoms with Crippen LogP contribution < -0.4 is 15.8 Å². The van der Waals surface area contributed by atoms with Crippen LogP contribution in [0.2, 0.25) is 0 Å². The van der Waals surface area contributed by atoms with E-state index in [4.69, 9.17) is 4.98 Å². The summed E-state index contributed by atoms with van der Waals surface area (Å²) < 4.78 is 6.59. The Kier molecular flexibility index (Phi) is 12.6. The van der Waals surface area contributed by atoms with E-state index in [2.05, 4.69) is 45.8 Å². The Morgan fingerprint density at radius 1 is 0.961 bits per heavy atom. The Bertz CT molecular complexity index is 1890. The van der Waals surface area contributed by atoms with Gasteiger partial charge >= 0.3 is 5.97 Å². The molecular weight excluding hydrogens is 646 g/mol. The Labute approximate surface area is 299 Å². The maximum atomic E-state index is 13.8. The number of anilines is 1. The first-order valence-electron chi connectivity index (χ1n) is 18.2. The predicted octanol–water partition coefficient (Wildman–Crippen LogP) is 5.72. The number of aryl methyl sites for hydroxylation is 2. The fraction of sp³-hybridized carbons (Fsp3) is 0.487. The molecule has 0 radical (unpaired) electrons. The van der Waals surface area contributed by atoms with E-state index in [-0.39, 0.29) is 35.9 Å². The summed E-state index contributed by atoms with van der Waals surface area (Å²) in [4.78, 5) is 62.4. The third-order valence-corrected chi connectivity index (χ3v) is 9.54. The molecule has 0 spiro atoms. The first-order valence-corrected chi connectivity index (χ1v) is 18.2. The lowest BCUT2D eigenvalue weighted by Crippen LogP contribution is -2.49. The highest BCUT2D eigenvalue weighted by Crippen LogP contribution is 2.30. The number of hydrogen-bond donors (Lipinski definition) is 2. The lowest BCUT2D eigenvalue weighted by molar-refractivity contribution is -0.140. The number of methoxy groups -OCH3 is 1. The van der Waals surface area contributed by atoms with Gasteiger partial charge in [0, 0.05) is 80.0 Å². The van der Waals surface area contributed by atoms with Gasteiger partial charge in [0.1, 0.15) is 5.82 Å². The van der Waals surface area contributed by atoms with Crippen molar-refractivity contribution in [2.45, 2.75) is 91.6 Å². The molecule has 12 nitrogen and oxygen atoms in total. The van der Waals surface area contributed by atoms with Crippen LogP contribution in [0.3, 0.4) is 0 Å². The number of hydrogen-bond acceptors (Lipinski definition) is 8. The zero-order chi connectivity index (χ0) is 36.5. The van der Waals surface area contributed by atoms with Crippen molar-refractivity contribution in [3.63, 3.8) is 0 Å². The van der Waals surface area contributed by atoms with Gasteiger partial charge in [-0.25, -0.2) is 4.98 Å². The minimum atomic E-state index is -0.275. The second kappa shape index (κ2) is 17.3. The third kappa shape index (κ3) is 9.22. The molecule has 0 bridgehead atoms. The Morgan fingerprint density at radius 2 is 1.71 bits per heavy atom. The number of ether oxygens (including phenoxy) is 1. The number of H-pyrrole nitrogens is 1. The van der Waals surface area contributed by atoms with E-state index in [1.807, 2.05) is 53.0 Å². The molecule has 5 rings (SSSR count). The summed E-state index contributed by atoms with van der Waals surface area (Å²) in [6.07, 6.45) is 9.61. The van der Waals surface area contributed by atoms with Crippen molar-refractivity contribution in [2.24, 2.45) is 0 Å². The number of aromatic amines is 1. The fourth-order valence-electron chi connectivity index (χ4n) is 6.73. The van der Waals surface area contributed by atoms with Gasteiger partial charge in [0.15, 0.2) is 0 Å². The molecule has 272 valence electrons. The van der Waals surface area contributed by atoms with Gasteiger partial charge in [-0.2, -0.15) is 5.10 Å². The van der Waals surface area contributed by atoms with E-state index in [1.165, 1.54) is 7.11 Å². The highest BCUT2D eigenvalue weighted by atomic mass is 16.5. The number of fused-ring (bicyclic) bond motifs is 1. The summed E-state index contributed by atoms with van der Waals surface area (Å²) in [5, 5.41) is 8.35. The molecular formula is C39H51N7O5. The summed E-state index contributed by atoms with van der Waals surface area (Å²) in [5.41, 5.74) is 5.20. The lowest BCUT2D eigenvalue weighted by atomic mass is 10.00. The number of rotatable bonds is 15. The van der Waals surface area contributed by atoms with Gasteiger partial charge in [-0.3, -0.25) is 23.9 Å². The van der Waals surface area contributed by atoms with Crippen molar-refractivity contribution in [1.29, 1.82) is 0 Å². The molecule has 0 atom stereocenters. The molecule has 1 aliphatic heterocycles. The number of carbonyl (C=O) groups excluding carboxylic acids is 3. The van der Waals surface area contributed by atoms with Gasteiger partial charge in [-0.05, 0) is 81.5 Å². The topological polar surface area (TPSA) is 143 Å². The molecule has 1 fully saturated rings. The number of pyridine rings is 2. The zero-order valence-electron chi connectivity index (χ0n) is 30.6. The summed E-state index contributed by atoms with van der Waals surface area (Å²) >= 11 is 0. The van der Waals surface area contributed by atoms with E-state index < -0.39 is 0 Å². The van der Waals surface area contributed by atoms with Crippen LogP contribution in [-0.2, 0) is 27.3 Å². The van der Waals surface area contributed by atoms with Crippen molar-refractivity contribution in [2.75, 3.05) is 38.2 Å². The van der Waals surface area contributed by atoms with Crippen LogP contribution in [-0.4, -0.2) is 75.7 Å². The molecule has 2 amide bonds. The molecule has 0 unspecified atom stereocenters. The molecule has 1 aromatic carbocycles. The highest BCUT2D eigenvalue weighted by molar-refractivity contribution is 6.08. The van der Waals surface area contributed by atoms with Gasteiger partial charge in [-0.1, -0.05) is 26.2 Å². The average Bonchev–Trinajstić information content (AvgIpc) is 3.57. The number of nitrogens with zero attached hydrogens (tertiary/aromatic N) is 5. The van der Waals surface area contributed by atoms with Crippen LogP contribution in [0.25, 0.3) is 22.0 Å². The van der Waals surface area contributed by atoms with Crippen molar-refractivity contribution in [3.8, 4) is 11.1 Å². The largest absolute Gasteiger partial charge is 0.469 e. The molecule has 0 saturated carbocycles. The predicted molar refractivity (Wildman–Crippen MR) is 199 cm³/mol. The monoisotopic (exact) mass is 697 g/mol. The van der Waals surface area contributed by atoms with Crippen LogP contribution in [0.5, 0.6) is 0 Å². The minimum absolute atomic E-state index is 0.0838. The number of nitrogens with one attached hydrogen (secondary N) is 2. The van der Waals surface area contributed by atoms with Gasteiger partial charge in [0.2, 0.25) is 5.91 Å². The van der Waals surface area contributed by atoms with Crippen molar-refractivity contribution in [3.05, 3.63) is 75.5 Å². The molecule has 1 saturated heterocycles. The molecule has 0 aliphatic carbocycles. The van der Waals surface area contributed by atoms with Gasteiger partial charge in [0.25, 0.3) is 11.5 Å². The lowest BCUT2D eigenvalue weighted by Gasteiger charge is -2.35. The minimum Gasteiger partial charge on any atom is -0.469 e. The van der Waals surface area contributed by atoms with Crippen LogP contribution >= 0.6 is 0 Å². The molecule has 51 heavy (non-hydrogen) atoms. The second-order valence-corrected chi connectivity index (χ2v) is 13.6. The third-order valence-electron chi connectivity index (χ3n) is 9.54. The van der Waals surface area contributed by atoms with Crippen LogP contribution in [0, 0.1) is 6.92 Å². The number of aromatic nitrogens is 4. The second-order valence-electron chi connectivity index (χ2n) is 13.6. The van der Waals surface area contributed by atoms with Crippen LogP contribution in [0.15, 0.2) is 47.5 Å². The number of piperazine rings is 1. The van der Waals surface area contributed by atoms with E-state index >= 15 is 0 Å². The average molecular weight is 698 g/mol. The molecule has 3 aromatic heterocycles. The smallest absolute Gasteiger partial charge is 0.305 e. The summed E-state index contributed by atoms with van der Waals surface area (Å²) in [5.74, 6) is 0.555. The van der Waals surface area contributed by atoms with Gasteiger partial charge in [-0.15, -0.1) is 0 Å². The number of carbonyl (C=O) groups is 3. The molecule has 4 aromatic rings. The van der Waals surface area contributed by atoms with Crippen molar-refractivity contribution >= 4 is 34.5 Å². The van der Waals surface area contributed by atoms with E-state index in [1.54, 1.807) is 6.20 Å². The normalized spacial score (nSPS) is 13.2. The summed E-state index contributed by atoms with van der Waals surface area (Å²) in [6.45, 7) is 10.9. The quantitative estimate of drug-likeness (QED) is 0.119. The highest BCUT2D eigenvalue weighted by Gasteiger charge is 2.23. The number of unbranched alkanes of at least 4 members (excludes halogenated alkanes) is 3. The number of amides is 2. The first-order chi connectivity index (χ1) is 24.6. The van der Waals surface area contributed by atoms with Crippen molar-refractivity contribution < 1.29 is 19.1 Å². The summed E-state index contributed by atoms with van der Waals surface area (Å²) in [7, 11) is 1.40. The zero-order valence-corrected chi connectivity index (χ0v) is 30.6. The Hall–Kier alpha value is -5.00. The number of esters is 1. The maximum absolute atomic E-state index is 13.8. The van der Waals surface area contributed by atoms with E-state index in [0.29, 0.717) is 50.1 Å². The number of benzene rings is 1. The first kappa shape index (κ1) is 37.3. The fourth-order valence-corrected chi connectivity index (χ4v) is 6.73.